The number of non-ortho nitro benzene ring substituents is 1. The first kappa shape index (κ1) is 11.9. The Balaban J connectivity index is 2.58. The fourth-order valence-corrected chi connectivity index (χ4v) is 1.85. The lowest BCUT2D eigenvalue weighted by atomic mass is 10.1. The minimum Gasteiger partial charge on any atom is -0.492 e. The predicted octanol–water partition coefficient (Wildman–Crippen LogP) is 3.52. The summed E-state index contributed by atoms with van der Waals surface area (Å²) in [6.07, 6.45) is 0. The van der Waals surface area contributed by atoms with E-state index >= 15 is 0 Å². The third-order valence-corrected chi connectivity index (χ3v) is 2.72. The van der Waals surface area contributed by atoms with Crippen LogP contribution in [0.25, 0.3) is 10.8 Å². The van der Waals surface area contributed by atoms with Gasteiger partial charge in [0, 0.05) is 16.8 Å². The van der Waals surface area contributed by atoms with Crippen LogP contribution in [-0.4, -0.2) is 16.9 Å². The van der Waals surface area contributed by atoms with Crippen LogP contribution in [0.2, 0.25) is 0 Å². The van der Waals surface area contributed by atoms with E-state index in [-0.39, 0.29) is 10.6 Å². The second-order valence-corrected chi connectivity index (χ2v) is 4.22. The lowest BCUT2D eigenvalue weighted by Gasteiger charge is -2.08. The van der Waals surface area contributed by atoms with Crippen LogP contribution in [-0.2, 0) is 0 Å². The maximum atomic E-state index is 10.9. The summed E-state index contributed by atoms with van der Waals surface area (Å²) < 4.78 is 5.53. The largest absolute Gasteiger partial charge is 0.492 e. The fraction of sp³-hybridized carbons (Fsp3) is 0.167. The number of nitrogens with zero attached hydrogens (tertiary/aromatic N) is 1. The van der Waals surface area contributed by atoms with Gasteiger partial charge in [-0.2, -0.15) is 0 Å². The van der Waals surface area contributed by atoms with Gasteiger partial charge in [-0.3, -0.25) is 10.1 Å². The summed E-state index contributed by atoms with van der Waals surface area (Å²) in [6.45, 7) is 0.530. The molecule has 88 valence electrons. The topological polar surface area (TPSA) is 52.4 Å². The van der Waals surface area contributed by atoms with Crippen molar-refractivity contribution in [3.8, 4) is 5.75 Å². The second kappa shape index (κ2) is 5.14. The minimum absolute atomic E-state index is 0.104. The van der Waals surface area contributed by atoms with Gasteiger partial charge in [0.2, 0.25) is 0 Å². The van der Waals surface area contributed by atoms with E-state index in [2.05, 4.69) is 15.9 Å². The van der Waals surface area contributed by atoms with Crippen LogP contribution in [0.4, 0.5) is 5.69 Å². The van der Waals surface area contributed by atoms with Crippen molar-refractivity contribution in [3.05, 3.63) is 46.5 Å². The Kier molecular flexibility index (Phi) is 3.58. The van der Waals surface area contributed by atoms with Crippen molar-refractivity contribution in [2.75, 3.05) is 11.9 Å². The zero-order valence-electron chi connectivity index (χ0n) is 8.93. The molecule has 0 bridgehead atoms. The number of fused-ring (bicyclic) bond motifs is 1. The van der Waals surface area contributed by atoms with E-state index in [1.165, 1.54) is 6.07 Å². The molecule has 2 aromatic rings. The van der Waals surface area contributed by atoms with E-state index in [9.17, 15) is 10.1 Å². The Morgan fingerprint density at radius 3 is 2.53 bits per heavy atom. The number of nitro groups is 1. The molecule has 0 unspecified atom stereocenters. The third kappa shape index (κ3) is 2.39. The predicted molar refractivity (Wildman–Crippen MR) is 69.9 cm³/mol. The van der Waals surface area contributed by atoms with Crippen LogP contribution in [0.1, 0.15) is 0 Å². The number of nitro benzene ring substituents is 1. The van der Waals surface area contributed by atoms with E-state index in [1.807, 2.05) is 12.1 Å². The molecule has 0 amide bonds. The van der Waals surface area contributed by atoms with Crippen molar-refractivity contribution in [1.29, 1.82) is 0 Å². The molecule has 0 aliphatic rings. The molecule has 4 nitrogen and oxygen atoms in total. The third-order valence-electron chi connectivity index (χ3n) is 2.39. The van der Waals surface area contributed by atoms with Crippen molar-refractivity contribution in [3.63, 3.8) is 0 Å². The van der Waals surface area contributed by atoms with Crippen molar-refractivity contribution >= 4 is 32.4 Å². The van der Waals surface area contributed by atoms with E-state index in [1.54, 1.807) is 18.2 Å². The maximum Gasteiger partial charge on any atom is 0.277 e. The lowest BCUT2D eigenvalue weighted by molar-refractivity contribution is -0.383. The molecule has 0 radical (unpaired) electrons. The van der Waals surface area contributed by atoms with Gasteiger partial charge < -0.3 is 4.74 Å². The Morgan fingerprint density at radius 2 is 1.88 bits per heavy atom. The SMILES string of the molecule is O=[N+]([O-])c1ccc(OCCBr)c2ccccc12. The molecule has 0 aromatic heterocycles. The van der Waals surface area contributed by atoms with Crippen LogP contribution < -0.4 is 4.74 Å². The van der Waals surface area contributed by atoms with Gasteiger partial charge in [-0.05, 0) is 12.1 Å². The molecule has 0 saturated carbocycles. The first-order valence-electron chi connectivity index (χ1n) is 5.09. The van der Waals surface area contributed by atoms with Gasteiger partial charge in [-0.1, -0.05) is 34.1 Å². The summed E-state index contributed by atoms with van der Waals surface area (Å²) in [4.78, 5) is 10.5. The quantitative estimate of drug-likeness (QED) is 0.493. The second-order valence-electron chi connectivity index (χ2n) is 3.42. The fourth-order valence-electron chi connectivity index (χ4n) is 1.69. The van der Waals surface area contributed by atoms with Crippen LogP contribution in [0, 0.1) is 10.1 Å². The molecule has 0 aliphatic heterocycles. The average Bonchev–Trinajstić information content (AvgIpc) is 2.35. The summed E-state index contributed by atoms with van der Waals surface area (Å²) >= 11 is 3.28. The van der Waals surface area contributed by atoms with Gasteiger partial charge >= 0.3 is 0 Å². The molecule has 2 rings (SSSR count). The molecular formula is C12H10BrNO3. The van der Waals surface area contributed by atoms with Crippen LogP contribution in [0.5, 0.6) is 5.75 Å². The molecule has 0 N–H and O–H groups in total. The zero-order chi connectivity index (χ0) is 12.3. The first-order valence-corrected chi connectivity index (χ1v) is 6.21. The summed E-state index contributed by atoms with van der Waals surface area (Å²) in [5.74, 6) is 0.672. The summed E-state index contributed by atoms with van der Waals surface area (Å²) in [6, 6.07) is 10.3. The van der Waals surface area contributed by atoms with Crippen molar-refractivity contribution in [1.82, 2.24) is 0 Å². The summed E-state index contributed by atoms with van der Waals surface area (Å²) in [5, 5.41) is 13.0. The number of hydrogen-bond acceptors (Lipinski definition) is 3. The molecule has 0 atom stereocenters. The Bertz CT molecular complexity index is 556. The highest BCUT2D eigenvalue weighted by Crippen LogP contribution is 2.32. The molecule has 0 fully saturated rings. The molecule has 5 heteroatoms. The van der Waals surface area contributed by atoms with Gasteiger partial charge in [-0.15, -0.1) is 0 Å². The van der Waals surface area contributed by atoms with Crippen molar-refractivity contribution in [2.45, 2.75) is 0 Å². The molecule has 17 heavy (non-hydrogen) atoms. The highest BCUT2D eigenvalue weighted by Gasteiger charge is 2.14. The number of alkyl halides is 1. The molecule has 0 saturated heterocycles. The van der Waals surface area contributed by atoms with Crippen LogP contribution >= 0.6 is 15.9 Å². The van der Waals surface area contributed by atoms with Gasteiger partial charge in [0.25, 0.3) is 5.69 Å². The first-order chi connectivity index (χ1) is 8.24. The summed E-state index contributed by atoms with van der Waals surface area (Å²) in [5.41, 5.74) is 0.104. The van der Waals surface area contributed by atoms with Crippen LogP contribution in [0.3, 0.4) is 0 Å². The highest BCUT2D eigenvalue weighted by atomic mass is 79.9. The minimum atomic E-state index is -0.378. The molecule has 0 spiro atoms. The lowest BCUT2D eigenvalue weighted by Crippen LogP contribution is -1.99. The Labute approximate surface area is 106 Å². The number of hydrogen-bond donors (Lipinski definition) is 0. The van der Waals surface area contributed by atoms with Gasteiger partial charge in [0.05, 0.1) is 16.9 Å². The highest BCUT2D eigenvalue weighted by molar-refractivity contribution is 9.09. The van der Waals surface area contributed by atoms with Crippen molar-refractivity contribution in [2.24, 2.45) is 0 Å². The van der Waals surface area contributed by atoms with E-state index < -0.39 is 0 Å². The van der Waals surface area contributed by atoms with Gasteiger partial charge in [0.15, 0.2) is 0 Å². The average molecular weight is 296 g/mol. The number of benzene rings is 2. The van der Waals surface area contributed by atoms with Gasteiger partial charge in [-0.25, -0.2) is 0 Å². The standard InChI is InChI=1S/C12H10BrNO3/c13-7-8-17-12-6-5-11(14(15)16)9-3-1-2-4-10(9)12/h1-6H,7-8H2. The van der Waals surface area contributed by atoms with Crippen molar-refractivity contribution < 1.29 is 9.66 Å². The number of ether oxygens (including phenoxy) is 1. The smallest absolute Gasteiger partial charge is 0.277 e. The Hall–Kier alpha value is -1.62. The molecular weight excluding hydrogens is 286 g/mol. The van der Waals surface area contributed by atoms with Crippen LogP contribution in [0.15, 0.2) is 36.4 Å². The van der Waals surface area contributed by atoms with Gasteiger partial charge in [0.1, 0.15) is 5.75 Å². The normalized spacial score (nSPS) is 10.4. The maximum absolute atomic E-state index is 10.9. The molecule has 2 aromatic carbocycles. The number of rotatable bonds is 4. The molecule has 0 aliphatic carbocycles. The number of halogens is 1. The molecule has 0 heterocycles. The zero-order valence-corrected chi connectivity index (χ0v) is 10.5. The Morgan fingerprint density at radius 1 is 1.18 bits per heavy atom. The van der Waals surface area contributed by atoms with E-state index in [0.717, 1.165) is 10.7 Å². The van der Waals surface area contributed by atoms with E-state index in [0.29, 0.717) is 17.7 Å². The monoisotopic (exact) mass is 295 g/mol. The van der Waals surface area contributed by atoms with E-state index in [4.69, 9.17) is 4.74 Å². The summed E-state index contributed by atoms with van der Waals surface area (Å²) in [7, 11) is 0.